The highest BCUT2D eigenvalue weighted by Gasteiger charge is 2.28. The summed E-state index contributed by atoms with van der Waals surface area (Å²) < 4.78 is 5.37. The van der Waals surface area contributed by atoms with Crippen LogP contribution in [0.2, 0.25) is 0 Å². The standard InChI is InChI=1S/C21H27N3O3S/c25-13-15-27-14-12-24-11-10-22-16-19(24)21(26)23-18-8-4-5-9-20(18)28-17-6-2-1-3-7-17/h1-9,19,22,25H,10-16H2,(H,23,26). The molecule has 1 heterocycles. The normalized spacial score (nSPS) is 17.4. The van der Waals surface area contributed by atoms with Crippen LogP contribution in [0.4, 0.5) is 5.69 Å². The average molecular weight is 402 g/mol. The van der Waals surface area contributed by atoms with Crippen molar-refractivity contribution in [1.82, 2.24) is 10.2 Å². The molecule has 7 heteroatoms. The van der Waals surface area contributed by atoms with E-state index >= 15 is 0 Å². The van der Waals surface area contributed by atoms with Gasteiger partial charge in [0.25, 0.3) is 0 Å². The molecule has 3 rings (SSSR count). The highest BCUT2D eigenvalue weighted by molar-refractivity contribution is 7.99. The van der Waals surface area contributed by atoms with Crippen LogP contribution in [-0.2, 0) is 9.53 Å². The monoisotopic (exact) mass is 401 g/mol. The van der Waals surface area contributed by atoms with Gasteiger partial charge in [-0.15, -0.1) is 0 Å². The Hall–Kier alpha value is -1.90. The largest absolute Gasteiger partial charge is 0.394 e. The lowest BCUT2D eigenvalue weighted by atomic mass is 10.1. The van der Waals surface area contributed by atoms with Crippen LogP contribution in [0, 0.1) is 0 Å². The lowest BCUT2D eigenvalue weighted by molar-refractivity contribution is -0.122. The Morgan fingerprint density at radius 2 is 1.96 bits per heavy atom. The molecule has 1 unspecified atom stereocenters. The molecule has 3 N–H and O–H groups in total. The van der Waals surface area contributed by atoms with Gasteiger partial charge in [-0.05, 0) is 24.3 Å². The van der Waals surface area contributed by atoms with E-state index in [0.29, 0.717) is 26.3 Å². The van der Waals surface area contributed by atoms with Gasteiger partial charge in [0.2, 0.25) is 5.91 Å². The van der Waals surface area contributed by atoms with Crippen molar-refractivity contribution in [1.29, 1.82) is 0 Å². The predicted molar refractivity (Wildman–Crippen MR) is 112 cm³/mol. The van der Waals surface area contributed by atoms with Gasteiger partial charge in [0.15, 0.2) is 0 Å². The smallest absolute Gasteiger partial charge is 0.243 e. The summed E-state index contributed by atoms with van der Waals surface area (Å²) >= 11 is 1.64. The summed E-state index contributed by atoms with van der Waals surface area (Å²) in [4.78, 5) is 17.3. The molecule has 1 amide bonds. The van der Waals surface area contributed by atoms with Crippen molar-refractivity contribution in [3.05, 3.63) is 54.6 Å². The maximum atomic E-state index is 13.0. The van der Waals surface area contributed by atoms with Crippen molar-refractivity contribution < 1.29 is 14.6 Å². The number of carbonyl (C=O) groups excluding carboxylic acids is 1. The topological polar surface area (TPSA) is 73.8 Å². The van der Waals surface area contributed by atoms with Gasteiger partial charge in [-0.3, -0.25) is 9.69 Å². The minimum Gasteiger partial charge on any atom is -0.394 e. The number of rotatable bonds is 9. The van der Waals surface area contributed by atoms with Gasteiger partial charge in [0, 0.05) is 36.0 Å². The third-order valence-electron chi connectivity index (χ3n) is 4.53. The highest BCUT2D eigenvalue weighted by Crippen LogP contribution is 2.33. The number of benzene rings is 2. The second kappa shape index (κ2) is 11.2. The van der Waals surface area contributed by atoms with Crippen LogP contribution in [0.25, 0.3) is 0 Å². The third-order valence-corrected chi connectivity index (χ3v) is 5.62. The van der Waals surface area contributed by atoms with Crippen LogP contribution in [0.3, 0.4) is 0 Å². The zero-order valence-corrected chi connectivity index (χ0v) is 16.7. The van der Waals surface area contributed by atoms with Crippen LogP contribution < -0.4 is 10.6 Å². The van der Waals surface area contributed by atoms with Crippen LogP contribution >= 0.6 is 11.8 Å². The maximum Gasteiger partial charge on any atom is 0.243 e. The molecule has 28 heavy (non-hydrogen) atoms. The van der Waals surface area contributed by atoms with Crippen molar-refractivity contribution in [2.75, 3.05) is 51.3 Å². The molecule has 1 saturated heterocycles. The second-order valence-electron chi connectivity index (χ2n) is 6.49. The zero-order chi connectivity index (χ0) is 19.6. The fraction of sp³-hybridized carbons (Fsp3) is 0.381. The second-order valence-corrected chi connectivity index (χ2v) is 7.61. The summed E-state index contributed by atoms with van der Waals surface area (Å²) in [5, 5.41) is 15.2. The van der Waals surface area contributed by atoms with Crippen molar-refractivity contribution in [3.8, 4) is 0 Å². The number of hydrogen-bond acceptors (Lipinski definition) is 6. The third kappa shape index (κ3) is 6.05. The Morgan fingerprint density at radius 3 is 2.79 bits per heavy atom. The molecule has 150 valence electrons. The Balaban J connectivity index is 1.64. The number of piperazine rings is 1. The van der Waals surface area contributed by atoms with E-state index in [1.54, 1.807) is 11.8 Å². The first-order chi connectivity index (χ1) is 13.8. The molecular formula is C21H27N3O3S. The molecule has 0 radical (unpaired) electrons. The number of hydrogen-bond donors (Lipinski definition) is 3. The number of carbonyl (C=O) groups is 1. The van der Waals surface area contributed by atoms with Gasteiger partial charge in [-0.1, -0.05) is 42.1 Å². The number of nitrogens with one attached hydrogen (secondary N) is 2. The van der Waals surface area contributed by atoms with Crippen LogP contribution in [0.5, 0.6) is 0 Å². The molecule has 6 nitrogen and oxygen atoms in total. The molecule has 1 atom stereocenters. The Labute approximate surface area is 170 Å². The average Bonchev–Trinajstić information content (AvgIpc) is 2.74. The molecule has 0 aromatic heterocycles. The summed E-state index contributed by atoms with van der Waals surface area (Å²) in [6.07, 6.45) is 0. The number of para-hydroxylation sites is 1. The molecule has 0 saturated carbocycles. The Morgan fingerprint density at radius 1 is 1.18 bits per heavy atom. The van der Waals surface area contributed by atoms with E-state index in [1.807, 2.05) is 42.5 Å². The van der Waals surface area contributed by atoms with E-state index in [0.717, 1.165) is 28.6 Å². The molecule has 0 bridgehead atoms. The molecule has 2 aromatic rings. The predicted octanol–water partition coefficient (Wildman–Crippen LogP) is 2.06. The maximum absolute atomic E-state index is 13.0. The number of anilines is 1. The number of nitrogens with zero attached hydrogens (tertiary/aromatic N) is 1. The molecule has 1 aliphatic heterocycles. The lowest BCUT2D eigenvalue weighted by Gasteiger charge is -2.35. The lowest BCUT2D eigenvalue weighted by Crippen LogP contribution is -2.57. The Kier molecular flexibility index (Phi) is 8.32. The zero-order valence-electron chi connectivity index (χ0n) is 15.8. The molecule has 0 spiro atoms. The van der Waals surface area contributed by atoms with E-state index in [1.165, 1.54) is 0 Å². The summed E-state index contributed by atoms with van der Waals surface area (Å²) in [5.74, 6) is -0.0181. The minimum atomic E-state index is -0.249. The number of aliphatic hydroxyl groups excluding tert-OH is 1. The number of ether oxygens (including phenoxy) is 1. The van der Waals surface area contributed by atoms with E-state index < -0.39 is 0 Å². The van der Waals surface area contributed by atoms with E-state index in [9.17, 15) is 4.79 Å². The van der Waals surface area contributed by atoms with Gasteiger partial charge >= 0.3 is 0 Å². The Bertz CT molecular complexity index is 745. The van der Waals surface area contributed by atoms with Crippen LogP contribution in [0.1, 0.15) is 0 Å². The minimum absolute atomic E-state index is 0.0152. The fourth-order valence-electron chi connectivity index (χ4n) is 3.11. The summed E-state index contributed by atoms with van der Waals surface area (Å²) in [5.41, 5.74) is 0.823. The molecule has 2 aromatic carbocycles. The molecule has 1 fully saturated rings. The molecule has 1 aliphatic rings. The van der Waals surface area contributed by atoms with Gasteiger partial charge in [-0.25, -0.2) is 0 Å². The SMILES string of the molecule is O=C(Nc1ccccc1Sc1ccccc1)C1CNCCN1CCOCCO. The summed E-state index contributed by atoms with van der Waals surface area (Å²) in [7, 11) is 0. The molecule has 0 aliphatic carbocycles. The van der Waals surface area contributed by atoms with Crippen molar-refractivity contribution in [2.45, 2.75) is 15.8 Å². The van der Waals surface area contributed by atoms with E-state index in [4.69, 9.17) is 9.84 Å². The van der Waals surface area contributed by atoms with Crippen LogP contribution in [-0.4, -0.2) is 68.0 Å². The first-order valence-corrected chi connectivity index (χ1v) is 10.4. The van der Waals surface area contributed by atoms with Gasteiger partial charge in [0.05, 0.1) is 25.5 Å². The first kappa shape index (κ1) is 20.8. The van der Waals surface area contributed by atoms with Crippen molar-refractivity contribution in [3.63, 3.8) is 0 Å². The fourth-order valence-corrected chi connectivity index (χ4v) is 4.03. The van der Waals surface area contributed by atoms with Crippen molar-refractivity contribution >= 4 is 23.4 Å². The van der Waals surface area contributed by atoms with E-state index in [2.05, 4.69) is 27.7 Å². The summed E-state index contributed by atoms with van der Waals surface area (Å²) in [6, 6.07) is 17.7. The van der Waals surface area contributed by atoms with Gasteiger partial charge in [-0.2, -0.15) is 0 Å². The molecular weight excluding hydrogens is 374 g/mol. The summed E-state index contributed by atoms with van der Waals surface area (Å²) in [6.45, 7) is 3.77. The number of aliphatic hydroxyl groups is 1. The first-order valence-electron chi connectivity index (χ1n) is 9.54. The quantitative estimate of drug-likeness (QED) is 0.559. The van der Waals surface area contributed by atoms with Crippen LogP contribution in [0.15, 0.2) is 64.4 Å². The van der Waals surface area contributed by atoms with Gasteiger partial charge in [0.1, 0.15) is 6.04 Å². The van der Waals surface area contributed by atoms with Crippen molar-refractivity contribution in [2.24, 2.45) is 0 Å². The highest BCUT2D eigenvalue weighted by atomic mass is 32.2. The number of amides is 1. The van der Waals surface area contributed by atoms with E-state index in [-0.39, 0.29) is 18.6 Å². The van der Waals surface area contributed by atoms with Gasteiger partial charge < -0.3 is 20.5 Å².